The normalized spacial score (nSPS) is 22.5. The number of aliphatic hydroxyl groups is 1. The van der Waals surface area contributed by atoms with Crippen molar-refractivity contribution in [1.82, 2.24) is 0 Å². The Bertz CT molecular complexity index is 450. The summed E-state index contributed by atoms with van der Waals surface area (Å²) >= 11 is 5.24. The van der Waals surface area contributed by atoms with Crippen molar-refractivity contribution in [2.75, 3.05) is 14.2 Å². The van der Waals surface area contributed by atoms with Crippen LogP contribution in [0.5, 0.6) is 11.5 Å². The zero-order valence-corrected chi connectivity index (χ0v) is 13.1. The van der Waals surface area contributed by atoms with Crippen molar-refractivity contribution < 1.29 is 14.6 Å². The molecule has 5 heteroatoms. The maximum absolute atomic E-state index is 10.5. The van der Waals surface area contributed by atoms with Crippen LogP contribution < -0.4 is 9.47 Å². The summed E-state index contributed by atoms with van der Waals surface area (Å²) in [5.74, 6) is 2.37. The first-order valence-electron chi connectivity index (χ1n) is 5.86. The van der Waals surface area contributed by atoms with E-state index in [0.29, 0.717) is 0 Å². The van der Waals surface area contributed by atoms with E-state index in [2.05, 4.69) is 22.9 Å². The number of halogens is 1. The van der Waals surface area contributed by atoms with Crippen LogP contribution in [0.2, 0.25) is 0 Å². The van der Waals surface area contributed by atoms with Gasteiger partial charge in [-0.3, -0.25) is 0 Å². The van der Waals surface area contributed by atoms with Gasteiger partial charge in [-0.15, -0.1) is 0 Å². The van der Waals surface area contributed by atoms with E-state index in [1.54, 1.807) is 26.0 Å². The first kappa shape index (κ1) is 14.0. The molecular formula is C13H17BrO3S. The van der Waals surface area contributed by atoms with Gasteiger partial charge in [0, 0.05) is 22.1 Å². The second-order valence-corrected chi connectivity index (χ2v) is 6.27. The molecule has 0 amide bonds. The number of methoxy groups -OCH3 is 2. The van der Waals surface area contributed by atoms with E-state index < -0.39 is 6.10 Å². The summed E-state index contributed by atoms with van der Waals surface area (Å²) in [4.78, 5) is 0. The minimum absolute atomic E-state index is 0.213. The van der Waals surface area contributed by atoms with Gasteiger partial charge in [0.2, 0.25) is 0 Å². The molecule has 2 atom stereocenters. The summed E-state index contributed by atoms with van der Waals surface area (Å²) in [7, 11) is 3.28. The predicted octanol–water partition coefficient (Wildman–Crippen LogP) is 3.53. The highest BCUT2D eigenvalue weighted by Crippen LogP contribution is 2.49. The lowest BCUT2D eigenvalue weighted by molar-refractivity contribution is 0.165. The van der Waals surface area contributed by atoms with Crippen LogP contribution in [0.4, 0.5) is 0 Å². The van der Waals surface area contributed by atoms with Gasteiger partial charge in [0.15, 0.2) is 0 Å². The number of benzene rings is 1. The smallest absolute Gasteiger partial charge is 0.139 e. The fourth-order valence-corrected chi connectivity index (χ4v) is 4.14. The molecule has 18 heavy (non-hydrogen) atoms. The average molecular weight is 333 g/mol. The molecule has 0 aliphatic carbocycles. The molecule has 0 radical (unpaired) electrons. The van der Waals surface area contributed by atoms with Gasteiger partial charge in [0.1, 0.15) is 11.5 Å². The molecule has 0 bridgehead atoms. The molecule has 0 saturated heterocycles. The van der Waals surface area contributed by atoms with Crippen molar-refractivity contribution >= 4 is 27.7 Å². The van der Waals surface area contributed by atoms with Gasteiger partial charge in [-0.05, 0) is 28.4 Å². The third-order valence-corrected chi connectivity index (χ3v) is 5.32. The van der Waals surface area contributed by atoms with Gasteiger partial charge in [-0.1, -0.05) is 6.92 Å². The Morgan fingerprint density at radius 2 is 2.17 bits per heavy atom. The summed E-state index contributed by atoms with van der Waals surface area (Å²) in [6, 6.07) is 1.90. The second-order valence-electron chi connectivity index (χ2n) is 4.19. The summed E-state index contributed by atoms with van der Waals surface area (Å²) in [5, 5.41) is 10.7. The Morgan fingerprint density at radius 3 is 2.72 bits per heavy atom. The largest absolute Gasteiger partial charge is 0.496 e. The van der Waals surface area contributed by atoms with Crippen molar-refractivity contribution in [3.63, 3.8) is 0 Å². The lowest BCUT2D eigenvalue weighted by Crippen LogP contribution is -2.22. The fraction of sp³-hybridized carbons (Fsp3) is 0.538. The molecule has 0 saturated carbocycles. The average Bonchev–Trinajstić information content (AvgIpc) is 2.38. The molecule has 0 spiro atoms. The number of thioether (sulfide) groups is 1. The Morgan fingerprint density at radius 1 is 1.44 bits per heavy atom. The van der Waals surface area contributed by atoms with E-state index in [4.69, 9.17) is 9.47 Å². The minimum atomic E-state index is -0.509. The molecular weight excluding hydrogens is 316 g/mol. The molecule has 3 nitrogen and oxygen atoms in total. The Hall–Kier alpha value is -0.390. The highest BCUT2D eigenvalue weighted by Gasteiger charge is 2.33. The van der Waals surface area contributed by atoms with Gasteiger partial charge in [0.05, 0.1) is 24.8 Å². The topological polar surface area (TPSA) is 38.7 Å². The van der Waals surface area contributed by atoms with E-state index in [-0.39, 0.29) is 5.25 Å². The third-order valence-electron chi connectivity index (χ3n) is 3.26. The van der Waals surface area contributed by atoms with Crippen LogP contribution >= 0.6 is 27.7 Å². The Kier molecular flexibility index (Phi) is 4.45. The molecule has 2 rings (SSSR count). The zero-order chi connectivity index (χ0) is 13.3. The number of ether oxygens (including phenoxy) is 2. The molecule has 0 fully saturated rings. The van der Waals surface area contributed by atoms with Crippen molar-refractivity contribution in [3.8, 4) is 11.5 Å². The molecule has 1 aromatic rings. The van der Waals surface area contributed by atoms with E-state index >= 15 is 0 Å². The van der Waals surface area contributed by atoms with Crippen LogP contribution in [-0.2, 0) is 5.75 Å². The molecule has 1 heterocycles. The molecule has 1 aliphatic rings. The van der Waals surface area contributed by atoms with Crippen LogP contribution in [0.15, 0.2) is 10.5 Å². The molecule has 1 aliphatic heterocycles. The first-order chi connectivity index (χ1) is 8.63. The van der Waals surface area contributed by atoms with Crippen LogP contribution in [0, 0.1) is 0 Å². The van der Waals surface area contributed by atoms with Crippen molar-refractivity contribution in [2.45, 2.75) is 30.5 Å². The fourth-order valence-electron chi connectivity index (χ4n) is 2.33. The van der Waals surface area contributed by atoms with Crippen molar-refractivity contribution in [3.05, 3.63) is 21.7 Å². The van der Waals surface area contributed by atoms with E-state index in [1.165, 1.54) is 0 Å². The number of aliphatic hydroxyl groups excluding tert-OH is 1. The van der Waals surface area contributed by atoms with Crippen molar-refractivity contribution in [2.24, 2.45) is 0 Å². The highest BCUT2D eigenvalue weighted by molar-refractivity contribution is 9.10. The SMILES string of the molecule is CCC1SCc2c(OC)cc(Br)c(OC)c2C1O. The van der Waals surface area contributed by atoms with Gasteiger partial charge >= 0.3 is 0 Å². The van der Waals surface area contributed by atoms with E-state index in [1.807, 2.05) is 6.07 Å². The Balaban J connectivity index is 2.61. The third kappa shape index (κ3) is 2.24. The standard InChI is InChI=1S/C13H17BrO3S/c1-4-10-12(15)11-7(6-18-10)9(16-2)5-8(14)13(11)17-3/h5,10,12,15H,4,6H2,1-3H3. The number of hydrogen-bond acceptors (Lipinski definition) is 4. The first-order valence-corrected chi connectivity index (χ1v) is 7.71. The predicted molar refractivity (Wildman–Crippen MR) is 77.6 cm³/mol. The molecule has 100 valence electrons. The second kappa shape index (κ2) is 5.72. The van der Waals surface area contributed by atoms with Gasteiger partial charge in [-0.25, -0.2) is 0 Å². The van der Waals surface area contributed by atoms with E-state index in [9.17, 15) is 5.11 Å². The molecule has 1 aromatic carbocycles. The van der Waals surface area contributed by atoms with Crippen LogP contribution in [0.3, 0.4) is 0 Å². The van der Waals surface area contributed by atoms with E-state index in [0.717, 1.165) is 39.3 Å². The summed E-state index contributed by atoms with van der Waals surface area (Å²) in [6.07, 6.45) is 0.425. The van der Waals surface area contributed by atoms with Crippen LogP contribution in [-0.4, -0.2) is 24.6 Å². The highest BCUT2D eigenvalue weighted by atomic mass is 79.9. The maximum atomic E-state index is 10.5. The quantitative estimate of drug-likeness (QED) is 0.919. The summed E-state index contributed by atoms with van der Waals surface area (Å²) in [6.45, 7) is 2.09. The summed E-state index contributed by atoms with van der Waals surface area (Å²) < 4.78 is 11.7. The number of fused-ring (bicyclic) bond motifs is 1. The minimum Gasteiger partial charge on any atom is -0.496 e. The molecule has 2 unspecified atom stereocenters. The van der Waals surface area contributed by atoms with Crippen LogP contribution in [0.1, 0.15) is 30.6 Å². The zero-order valence-electron chi connectivity index (χ0n) is 10.7. The van der Waals surface area contributed by atoms with Gasteiger partial charge < -0.3 is 14.6 Å². The lowest BCUT2D eigenvalue weighted by Gasteiger charge is -2.31. The Labute approximate surface area is 120 Å². The van der Waals surface area contributed by atoms with Crippen LogP contribution in [0.25, 0.3) is 0 Å². The number of rotatable bonds is 3. The monoisotopic (exact) mass is 332 g/mol. The number of hydrogen-bond donors (Lipinski definition) is 1. The lowest BCUT2D eigenvalue weighted by atomic mass is 9.97. The molecule has 1 N–H and O–H groups in total. The summed E-state index contributed by atoms with van der Waals surface area (Å²) in [5.41, 5.74) is 1.91. The molecule has 0 aromatic heterocycles. The maximum Gasteiger partial charge on any atom is 0.139 e. The van der Waals surface area contributed by atoms with Crippen molar-refractivity contribution in [1.29, 1.82) is 0 Å². The van der Waals surface area contributed by atoms with Gasteiger partial charge in [-0.2, -0.15) is 11.8 Å². The van der Waals surface area contributed by atoms with Gasteiger partial charge in [0.25, 0.3) is 0 Å².